The van der Waals surface area contributed by atoms with Crippen molar-refractivity contribution < 1.29 is 9.53 Å². The first-order chi connectivity index (χ1) is 11.7. The van der Waals surface area contributed by atoms with Crippen LogP contribution in [0.5, 0.6) is 5.75 Å². The van der Waals surface area contributed by atoms with Crippen LogP contribution in [0, 0.1) is 0 Å². The van der Waals surface area contributed by atoms with Crippen LogP contribution in [0.15, 0.2) is 61.1 Å². The van der Waals surface area contributed by atoms with Crippen molar-refractivity contribution >= 4 is 5.91 Å². The highest BCUT2D eigenvalue weighted by molar-refractivity contribution is 5.92. The Hall–Kier alpha value is -3.15. The number of carbonyl (C=O) groups is 1. The number of benzene rings is 1. The number of ether oxygens (including phenoxy) is 1. The summed E-state index contributed by atoms with van der Waals surface area (Å²) in [4.78, 5) is 21.1. The topological polar surface area (TPSA) is 69.0 Å². The van der Waals surface area contributed by atoms with E-state index in [-0.39, 0.29) is 5.91 Å². The van der Waals surface area contributed by atoms with Crippen LogP contribution in [0.2, 0.25) is 0 Å². The number of hydrogen-bond acceptors (Lipinski definition) is 4. The number of pyridine rings is 1. The lowest BCUT2D eigenvalue weighted by molar-refractivity contribution is 0.0936. The normalized spacial score (nSPS) is 11.8. The molecule has 0 aliphatic rings. The first-order valence-corrected chi connectivity index (χ1v) is 7.52. The fourth-order valence-electron chi connectivity index (χ4n) is 2.54. The minimum atomic E-state index is -0.448. The zero-order chi connectivity index (χ0) is 16.9. The summed E-state index contributed by atoms with van der Waals surface area (Å²) >= 11 is 0. The van der Waals surface area contributed by atoms with Crippen molar-refractivity contribution in [2.24, 2.45) is 7.05 Å². The van der Waals surface area contributed by atoms with Crippen molar-refractivity contribution in [1.29, 1.82) is 0 Å². The van der Waals surface area contributed by atoms with Gasteiger partial charge >= 0.3 is 0 Å². The smallest absolute Gasteiger partial charge is 0.270 e. The number of nitrogens with zero attached hydrogens (tertiary/aromatic N) is 3. The summed E-state index contributed by atoms with van der Waals surface area (Å²) < 4.78 is 7.32. The second-order valence-electron chi connectivity index (χ2n) is 5.26. The molecule has 0 bridgehead atoms. The molecule has 1 N–H and O–H groups in total. The van der Waals surface area contributed by atoms with Crippen LogP contribution in [0.1, 0.15) is 27.9 Å². The highest BCUT2D eigenvalue weighted by Gasteiger charge is 2.24. The number of rotatable bonds is 5. The van der Waals surface area contributed by atoms with Crippen molar-refractivity contribution in [3.8, 4) is 5.75 Å². The molecule has 3 aromatic rings. The van der Waals surface area contributed by atoms with Crippen LogP contribution in [-0.4, -0.2) is 27.6 Å². The van der Waals surface area contributed by atoms with E-state index in [0.29, 0.717) is 17.3 Å². The van der Waals surface area contributed by atoms with E-state index < -0.39 is 6.04 Å². The number of carbonyl (C=O) groups excluding carboxylic acids is 1. The SMILES string of the molecule is COc1ccccc1[C@H](NC(=O)c1ccccn1)c1nccn1C. The van der Waals surface area contributed by atoms with E-state index in [4.69, 9.17) is 4.74 Å². The predicted molar refractivity (Wildman–Crippen MR) is 89.7 cm³/mol. The molecule has 0 saturated heterocycles. The molecule has 2 aromatic heterocycles. The maximum Gasteiger partial charge on any atom is 0.270 e. The molecule has 0 aliphatic carbocycles. The second kappa shape index (κ2) is 6.95. The minimum Gasteiger partial charge on any atom is -0.496 e. The van der Waals surface area contributed by atoms with Gasteiger partial charge < -0.3 is 14.6 Å². The van der Waals surface area contributed by atoms with Gasteiger partial charge in [-0.3, -0.25) is 9.78 Å². The third-order valence-electron chi connectivity index (χ3n) is 3.74. The van der Waals surface area contributed by atoms with Crippen LogP contribution in [0.3, 0.4) is 0 Å². The van der Waals surface area contributed by atoms with Gasteiger partial charge in [-0.1, -0.05) is 24.3 Å². The van der Waals surface area contributed by atoms with Gasteiger partial charge in [0.15, 0.2) is 0 Å². The highest BCUT2D eigenvalue weighted by atomic mass is 16.5. The molecule has 1 aromatic carbocycles. The van der Waals surface area contributed by atoms with Crippen molar-refractivity contribution in [2.75, 3.05) is 7.11 Å². The van der Waals surface area contributed by atoms with Gasteiger partial charge in [0.05, 0.1) is 7.11 Å². The monoisotopic (exact) mass is 322 g/mol. The number of imidazole rings is 1. The Kier molecular flexibility index (Phi) is 4.56. The summed E-state index contributed by atoms with van der Waals surface area (Å²) in [6.07, 6.45) is 5.13. The van der Waals surface area contributed by atoms with E-state index in [1.165, 1.54) is 0 Å². The Morgan fingerprint density at radius 1 is 1.12 bits per heavy atom. The summed E-state index contributed by atoms with van der Waals surface area (Å²) in [5.74, 6) is 1.13. The van der Waals surface area contributed by atoms with Crippen molar-refractivity contribution in [3.63, 3.8) is 0 Å². The summed E-state index contributed by atoms with van der Waals surface area (Å²) in [5.41, 5.74) is 1.19. The second-order valence-corrected chi connectivity index (χ2v) is 5.26. The Morgan fingerprint density at radius 3 is 2.58 bits per heavy atom. The number of aromatic nitrogens is 3. The number of aryl methyl sites for hydroxylation is 1. The average Bonchev–Trinajstić information content (AvgIpc) is 3.06. The quantitative estimate of drug-likeness (QED) is 0.783. The van der Waals surface area contributed by atoms with Crippen molar-refractivity contribution in [2.45, 2.75) is 6.04 Å². The highest BCUT2D eigenvalue weighted by Crippen LogP contribution is 2.29. The number of amides is 1. The Morgan fingerprint density at radius 2 is 1.92 bits per heavy atom. The number of nitrogens with one attached hydrogen (secondary N) is 1. The van der Waals surface area contributed by atoms with Crippen molar-refractivity contribution in [3.05, 3.63) is 78.1 Å². The lowest BCUT2D eigenvalue weighted by atomic mass is 10.0. The fourth-order valence-corrected chi connectivity index (χ4v) is 2.54. The number of hydrogen-bond donors (Lipinski definition) is 1. The molecular weight excluding hydrogens is 304 g/mol. The lowest BCUT2D eigenvalue weighted by Gasteiger charge is -2.21. The van der Waals surface area contributed by atoms with Crippen LogP contribution in [-0.2, 0) is 7.05 Å². The largest absolute Gasteiger partial charge is 0.496 e. The summed E-state index contributed by atoms with van der Waals surface area (Å²) in [5, 5.41) is 3.00. The molecule has 0 saturated carbocycles. The Bertz CT molecular complexity index is 830. The third-order valence-corrected chi connectivity index (χ3v) is 3.74. The van der Waals surface area contributed by atoms with Gasteiger partial charge in [0.25, 0.3) is 5.91 Å². The molecule has 1 amide bonds. The van der Waals surface area contributed by atoms with Gasteiger partial charge in [0.2, 0.25) is 0 Å². The van der Waals surface area contributed by atoms with E-state index in [9.17, 15) is 4.79 Å². The van der Waals surface area contributed by atoms with Crippen LogP contribution in [0.25, 0.3) is 0 Å². The van der Waals surface area contributed by atoms with E-state index in [0.717, 1.165) is 5.56 Å². The first kappa shape index (κ1) is 15.7. The predicted octanol–water partition coefficient (Wildman–Crippen LogP) is 2.34. The maximum atomic E-state index is 12.6. The lowest BCUT2D eigenvalue weighted by Crippen LogP contribution is -2.31. The maximum absolute atomic E-state index is 12.6. The minimum absolute atomic E-state index is 0.269. The van der Waals surface area contributed by atoms with Gasteiger partial charge in [-0.2, -0.15) is 0 Å². The fraction of sp³-hybridized carbons (Fsp3) is 0.167. The number of methoxy groups -OCH3 is 1. The van der Waals surface area contributed by atoms with E-state index in [1.54, 1.807) is 37.7 Å². The van der Waals surface area contributed by atoms with Gasteiger partial charge in [-0.05, 0) is 18.2 Å². The Balaban J connectivity index is 2.00. The molecule has 24 heavy (non-hydrogen) atoms. The first-order valence-electron chi connectivity index (χ1n) is 7.52. The molecule has 0 radical (unpaired) electrons. The van der Waals surface area contributed by atoms with E-state index in [1.807, 2.05) is 42.1 Å². The summed E-state index contributed by atoms with van der Waals surface area (Å²) in [6, 6.07) is 12.3. The zero-order valence-corrected chi connectivity index (χ0v) is 13.5. The van der Waals surface area contributed by atoms with Gasteiger partial charge in [-0.25, -0.2) is 4.98 Å². The number of para-hydroxylation sites is 1. The summed E-state index contributed by atoms with van der Waals surface area (Å²) in [7, 11) is 3.49. The van der Waals surface area contributed by atoms with Gasteiger partial charge in [-0.15, -0.1) is 0 Å². The van der Waals surface area contributed by atoms with Crippen LogP contribution < -0.4 is 10.1 Å². The average molecular weight is 322 g/mol. The molecule has 2 heterocycles. The van der Waals surface area contributed by atoms with Crippen LogP contribution >= 0.6 is 0 Å². The molecule has 6 nitrogen and oxygen atoms in total. The molecule has 1 atom stereocenters. The van der Waals surface area contributed by atoms with Gasteiger partial charge in [0, 0.05) is 31.2 Å². The van der Waals surface area contributed by atoms with Crippen molar-refractivity contribution in [1.82, 2.24) is 19.9 Å². The molecule has 0 fully saturated rings. The summed E-state index contributed by atoms with van der Waals surface area (Å²) in [6.45, 7) is 0. The molecule has 122 valence electrons. The van der Waals surface area contributed by atoms with Gasteiger partial charge in [0.1, 0.15) is 23.3 Å². The molecule has 0 spiro atoms. The Labute approximate surface area is 140 Å². The van der Waals surface area contributed by atoms with E-state index in [2.05, 4.69) is 15.3 Å². The molecule has 3 rings (SSSR count). The molecule has 0 aliphatic heterocycles. The third kappa shape index (κ3) is 3.12. The molecule has 0 unspecified atom stereocenters. The zero-order valence-electron chi connectivity index (χ0n) is 13.5. The molecule has 6 heteroatoms. The van der Waals surface area contributed by atoms with E-state index >= 15 is 0 Å². The van der Waals surface area contributed by atoms with Crippen LogP contribution in [0.4, 0.5) is 0 Å². The molecular formula is C18H18N4O2. The standard InChI is InChI=1S/C18H18N4O2/c1-22-12-11-20-17(22)16(13-7-3-4-9-15(13)24-2)21-18(23)14-8-5-6-10-19-14/h3-12,16H,1-2H3,(H,21,23)/t16-/m0/s1.